The van der Waals surface area contributed by atoms with Gasteiger partial charge in [-0.2, -0.15) is 0 Å². The number of anilines is 1. The van der Waals surface area contributed by atoms with E-state index in [1.807, 2.05) is 58.9 Å². The Morgan fingerprint density at radius 3 is 2.47 bits per heavy atom. The number of primary amides is 1. The van der Waals surface area contributed by atoms with Crippen molar-refractivity contribution in [1.29, 1.82) is 0 Å². The zero-order valence-electron chi connectivity index (χ0n) is 28.3. The average Bonchev–Trinajstić information content (AvgIpc) is 3.74. The van der Waals surface area contributed by atoms with Gasteiger partial charge >= 0.3 is 6.09 Å². The third kappa shape index (κ3) is 7.88. The molecule has 2 aromatic heterocycles. The molecule has 13 heteroatoms. The molecular weight excluding hydrogens is 602 g/mol. The standard InChI is InChI=1S/C34H47N7O6/c1-19(2)36-28-12-13-41(39-28)29-17-27(24-11-10-21(45-7)15-25(24)37-29)46-23-16-26(31(35)42)40(18-23)32(43)30(34(4,5)6)38-33(44)47-22-9-8-20(3)14-22/h10-13,15,17,19-20,22-23,26,30H,8-9,14,16,18H2,1-7H3,(H2,35,42)(H,36,39)(H,38,44)/t20-,22-,23?,26+,30-/m1/s1. The molecule has 1 unspecified atom stereocenters. The average molecular weight is 650 g/mol. The quantitative estimate of drug-likeness (QED) is 0.289. The van der Waals surface area contributed by atoms with Crippen LogP contribution in [0.25, 0.3) is 16.7 Å². The number of likely N-dealkylation sites (tertiary alicyclic amines) is 1. The highest BCUT2D eigenvalue weighted by molar-refractivity contribution is 5.92. The fraction of sp³-hybridized carbons (Fsp3) is 0.559. The van der Waals surface area contributed by atoms with Gasteiger partial charge in [0.2, 0.25) is 11.8 Å². The topological polar surface area (TPSA) is 163 Å². The molecule has 3 aromatic rings. The van der Waals surface area contributed by atoms with E-state index in [9.17, 15) is 14.4 Å². The molecule has 13 nitrogen and oxygen atoms in total. The van der Waals surface area contributed by atoms with Crippen LogP contribution in [0.3, 0.4) is 0 Å². The SMILES string of the molecule is COc1ccc2c(OC3C[C@@H](C(N)=O)N(C(=O)[C@@H](NC(=O)O[C@@H]4CC[C@@H](C)C4)C(C)(C)C)C3)cc(-n3ccc(NC(C)C)n3)nc2c1. The second-order valence-corrected chi connectivity index (χ2v) is 14.1. The third-order valence-corrected chi connectivity index (χ3v) is 8.69. The third-order valence-electron chi connectivity index (χ3n) is 8.69. The maximum Gasteiger partial charge on any atom is 0.408 e. The minimum Gasteiger partial charge on any atom is -0.497 e. The number of carbonyl (C=O) groups is 3. The van der Waals surface area contributed by atoms with Crippen molar-refractivity contribution in [2.24, 2.45) is 17.1 Å². The molecule has 47 heavy (non-hydrogen) atoms. The number of pyridine rings is 1. The normalized spacial score (nSPS) is 21.9. The smallest absolute Gasteiger partial charge is 0.408 e. The summed E-state index contributed by atoms with van der Waals surface area (Å²) in [5.41, 5.74) is 5.77. The first kappa shape index (κ1) is 33.8. The van der Waals surface area contributed by atoms with Crippen LogP contribution in [0.15, 0.2) is 36.5 Å². The number of nitrogens with zero attached hydrogens (tertiary/aromatic N) is 4. The number of ether oxygens (including phenoxy) is 3. The number of carbonyl (C=O) groups excluding carboxylic acids is 3. The maximum atomic E-state index is 14.1. The van der Waals surface area contributed by atoms with E-state index in [1.54, 1.807) is 24.1 Å². The number of hydrogen-bond acceptors (Lipinski definition) is 9. The zero-order chi connectivity index (χ0) is 34.0. The molecule has 1 aliphatic heterocycles. The highest BCUT2D eigenvalue weighted by atomic mass is 16.6. The number of amides is 3. The number of fused-ring (bicyclic) bond motifs is 1. The zero-order valence-corrected chi connectivity index (χ0v) is 28.3. The van der Waals surface area contributed by atoms with Crippen LogP contribution in [-0.4, -0.2) is 81.6 Å². The Bertz CT molecular complexity index is 1620. The first-order valence-electron chi connectivity index (χ1n) is 16.3. The number of rotatable bonds is 10. The fourth-order valence-corrected chi connectivity index (χ4v) is 6.28. The van der Waals surface area contributed by atoms with E-state index in [4.69, 9.17) is 24.9 Å². The van der Waals surface area contributed by atoms with E-state index in [-0.39, 0.29) is 25.1 Å². The van der Waals surface area contributed by atoms with Crippen LogP contribution >= 0.6 is 0 Å². The molecule has 5 rings (SSSR count). The maximum absolute atomic E-state index is 14.1. The Balaban J connectivity index is 1.40. The van der Waals surface area contributed by atoms with Gasteiger partial charge in [0.05, 0.1) is 19.2 Å². The van der Waals surface area contributed by atoms with Crippen molar-refractivity contribution < 1.29 is 28.6 Å². The Morgan fingerprint density at radius 1 is 1.06 bits per heavy atom. The molecule has 1 aromatic carbocycles. The van der Waals surface area contributed by atoms with Crippen molar-refractivity contribution in [3.05, 3.63) is 36.5 Å². The van der Waals surface area contributed by atoms with Gasteiger partial charge in [-0.25, -0.2) is 14.5 Å². The molecule has 1 aliphatic carbocycles. The Hall–Kier alpha value is -4.55. The fourth-order valence-electron chi connectivity index (χ4n) is 6.28. The van der Waals surface area contributed by atoms with E-state index in [0.29, 0.717) is 34.6 Å². The van der Waals surface area contributed by atoms with E-state index in [0.717, 1.165) is 24.6 Å². The molecule has 254 valence electrons. The van der Waals surface area contributed by atoms with E-state index < -0.39 is 41.5 Å². The van der Waals surface area contributed by atoms with Crippen LogP contribution in [0, 0.1) is 11.3 Å². The van der Waals surface area contributed by atoms with Crippen LogP contribution in [0.4, 0.5) is 10.6 Å². The highest BCUT2D eigenvalue weighted by Crippen LogP contribution is 2.34. The number of nitrogens with one attached hydrogen (secondary N) is 2. The lowest BCUT2D eigenvalue weighted by Gasteiger charge is -2.35. The largest absolute Gasteiger partial charge is 0.497 e. The monoisotopic (exact) mass is 649 g/mol. The van der Waals surface area contributed by atoms with Gasteiger partial charge in [0.15, 0.2) is 5.82 Å². The first-order valence-corrected chi connectivity index (χ1v) is 16.3. The van der Waals surface area contributed by atoms with Crippen molar-refractivity contribution in [3.8, 4) is 17.3 Å². The molecule has 0 bridgehead atoms. The highest BCUT2D eigenvalue weighted by Gasteiger charge is 2.45. The predicted molar refractivity (Wildman–Crippen MR) is 178 cm³/mol. The number of benzene rings is 1. The molecule has 5 atom stereocenters. The summed E-state index contributed by atoms with van der Waals surface area (Å²) in [6, 6.07) is 7.45. The van der Waals surface area contributed by atoms with E-state index in [2.05, 4.69) is 22.7 Å². The summed E-state index contributed by atoms with van der Waals surface area (Å²) in [6.45, 7) is 11.8. The summed E-state index contributed by atoms with van der Waals surface area (Å²) in [6.07, 6.45) is 3.19. The molecule has 0 spiro atoms. The van der Waals surface area contributed by atoms with Crippen molar-refractivity contribution in [2.45, 2.75) is 97.6 Å². The molecule has 2 aliphatic rings. The molecule has 3 amide bonds. The van der Waals surface area contributed by atoms with Crippen LogP contribution in [-0.2, 0) is 14.3 Å². The molecule has 1 saturated heterocycles. The number of nitrogens with two attached hydrogens (primary N) is 1. The van der Waals surface area contributed by atoms with E-state index >= 15 is 0 Å². The number of alkyl carbamates (subject to hydrolysis) is 1. The molecule has 2 fully saturated rings. The van der Waals surface area contributed by atoms with Gasteiger partial charge in [-0.3, -0.25) is 9.59 Å². The lowest BCUT2D eigenvalue weighted by Crippen LogP contribution is -2.57. The predicted octanol–water partition coefficient (Wildman–Crippen LogP) is 4.41. The van der Waals surface area contributed by atoms with Gasteiger partial charge in [-0.05, 0) is 56.6 Å². The minimum absolute atomic E-state index is 0.0927. The summed E-state index contributed by atoms with van der Waals surface area (Å²) in [4.78, 5) is 45.9. The summed E-state index contributed by atoms with van der Waals surface area (Å²) < 4.78 is 19.3. The number of hydrogen-bond donors (Lipinski definition) is 3. The Labute approximate surface area is 275 Å². The van der Waals surface area contributed by atoms with Crippen molar-refractivity contribution >= 4 is 34.6 Å². The summed E-state index contributed by atoms with van der Waals surface area (Å²) in [7, 11) is 1.59. The van der Waals surface area contributed by atoms with Gasteiger partial charge in [-0.15, -0.1) is 5.10 Å². The van der Waals surface area contributed by atoms with E-state index in [1.165, 1.54) is 4.90 Å². The number of aromatic nitrogens is 3. The van der Waals surface area contributed by atoms with Gasteiger partial charge in [0.1, 0.15) is 41.6 Å². The van der Waals surface area contributed by atoms with Gasteiger partial charge in [-0.1, -0.05) is 27.7 Å². The Morgan fingerprint density at radius 2 is 1.83 bits per heavy atom. The van der Waals surface area contributed by atoms with Gasteiger partial charge in [0.25, 0.3) is 0 Å². The van der Waals surface area contributed by atoms with Crippen LogP contribution in [0.5, 0.6) is 11.5 Å². The Kier molecular flexibility index (Phi) is 9.83. The second-order valence-electron chi connectivity index (χ2n) is 14.1. The summed E-state index contributed by atoms with van der Waals surface area (Å²) >= 11 is 0. The van der Waals surface area contributed by atoms with Crippen LogP contribution in [0.1, 0.15) is 67.2 Å². The van der Waals surface area contributed by atoms with Crippen molar-refractivity contribution in [2.75, 3.05) is 19.0 Å². The van der Waals surface area contributed by atoms with Crippen LogP contribution < -0.4 is 25.8 Å². The molecule has 0 radical (unpaired) electrons. The van der Waals surface area contributed by atoms with Crippen molar-refractivity contribution in [3.63, 3.8) is 0 Å². The first-order chi connectivity index (χ1) is 22.2. The van der Waals surface area contributed by atoms with Crippen LogP contribution in [0.2, 0.25) is 0 Å². The molecule has 1 saturated carbocycles. The van der Waals surface area contributed by atoms with Crippen molar-refractivity contribution in [1.82, 2.24) is 25.0 Å². The number of methoxy groups -OCH3 is 1. The lowest BCUT2D eigenvalue weighted by molar-refractivity contribution is -0.141. The summed E-state index contributed by atoms with van der Waals surface area (Å²) in [5, 5.41) is 11.4. The van der Waals surface area contributed by atoms with Gasteiger partial charge in [0, 0.05) is 42.2 Å². The summed E-state index contributed by atoms with van der Waals surface area (Å²) in [5.74, 6) is 1.77. The second kappa shape index (κ2) is 13.7. The molecule has 4 N–H and O–H groups in total. The lowest BCUT2D eigenvalue weighted by atomic mass is 9.85. The molecular formula is C34H47N7O6. The minimum atomic E-state index is -0.955. The molecule has 3 heterocycles. The van der Waals surface area contributed by atoms with Gasteiger partial charge < -0.3 is 35.5 Å².